The Balaban J connectivity index is 0.787. The molecule has 1 amide bonds. The van der Waals surface area contributed by atoms with Crippen LogP contribution in [0.3, 0.4) is 0 Å². The van der Waals surface area contributed by atoms with Gasteiger partial charge in [0.1, 0.15) is 12.0 Å². The number of carbonyl (C=O) groups excluding carboxylic acids is 1. The summed E-state index contributed by atoms with van der Waals surface area (Å²) in [4.78, 5) is 44.3. The topological polar surface area (TPSA) is 187 Å². The van der Waals surface area contributed by atoms with Crippen molar-refractivity contribution in [2.24, 2.45) is 7.05 Å². The van der Waals surface area contributed by atoms with Crippen LogP contribution < -0.4 is 26.5 Å². The molecule has 9 rings (SSSR count). The van der Waals surface area contributed by atoms with Crippen molar-refractivity contribution in [3.8, 4) is 17.0 Å². The highest BCUT2D eigenvalue weighted by Gasteiger charge is 2.42. The molecule has 3 aromatic heterocycles. The predicted octanol–water partition coefficient (Wildman–Crippen LogP) is 2.60. The van der Waals surface area contributed by atoms with E-state index in [4.69, 9.17) is 15.7 Å². The number of rotatable bonds is 9. The summed E-state index contributed by atoms with van der Waals surface area (Å²) in [5.74, 6) is 1.12. The number of nitrogen functional groups attached to an aromatic ring is 1. The van der Waals surface area contributed by atoms with Crippen molar-refractivity contribution in [3.05, 3.63) is 82.5 Å². The largest absolute Gasteiger partial charge is 0.507 e. The molecule has 5 aromatic rings. The number of aryl methyl sites for hydroxylation is 1. The quantitative estimate of drug-likeness (QED) is 0.171. The van der Waals surface area contributed by atoms with Crippen LogP contribution in [0.15, 0.2) is 65.7 Å². The number of aliphatic hydroxyl groups is 1. The fourth-order valence-electron chi connectivity index (χ4n) is 9.52. The highest BCUT2D eigenvalue weighted by atomic mass is 16.3. The first-order valence-electron chi connectivity index (χ1n) is 20.0. The maximum absolute atomic E-state index is 13.3. The number of amides is 1. The number of benzene rings is 2. The van der Waals surface area contributed by atoms with Crippen LogP contribution in [-0.2, 0) is 24.9 Å². The second-order valence-corrected chi connectivity index (χ2v) is 16.2. The average molecular weight is 775 g/mol. The molecule has 0 aliphatic carbocycles. The van der Waals surface area contributed by atoms with Crippen LogP contribution in [-0.4, -0.2) is 113 Å². The predicted molar refractivity (Wildman–Crippen MR) is 216 cm³/mol. The number of phenols is 1. The summed E-state index contributed by atoms with van der Waals surface area (Å²) in [7, 11) is 3.93. The Morgan fingerprint density at radius 1 is 0.912 bits per heavy atom. The van der Waals surface area contributed by atoms with Crippen LogP contribution in [0.2, 0.25) is 0 Å². The first kappa shape index (κ1) is 37.0. The van der Waals surface area contributed by atoms with E-state index in [-0.39, 0.29) is 35.9 Å². The van der Waals surface area contributed by atoms with Gasteiger partial charge in [0.2, 0.25) is 11.9 Å². The zero-order valence-electron chi connectivity index (χ0n) is 32.4. The fraction of sp³-hybridized carbons (Fsp3) is 0.463. The number of anilines is 3. The van der Waals surface area contributed by atoms with Crippen LogP contribution in [0.25, 0.3) is 22.3 Å². The molecule has 0 saturated carbocycles. The Hall–Kier alpha value is -5.58. The summed E-state index contributed by atoms with van der Waals surface area (Å²) >= 11 is 0. The summed E-state index contributed by atoms with van der Waals surface area (Å²) in [6.07, 6.45) is 7.78. The number of nitrogens with two attached hydrogens (primary N) is 1. The maximum Gasteiger partial charge on any atom is 0.329 e. The molecule has 4 fully saturated rings. The molecule has 2 bridgehead atoms. The number of para-hydroxylation sites is 1. The lowest BCUT2D eigenvalue weighted by molar-refractivity contribution is -0.128. The molecule has 0 radical (unpaired) electrons. The number of imidazole rings is 1. The van der Waals surface area contributed by atoms with Crippen LogP contribution in [0.4, 0.5) is 17.5 Å². The molecule has 57 heavy (non-hydrogen) atoms. The minimum absolute atomic E-state index is 0.160. The average Bonchev–Trinajstić information content (AvgIpc) is 3.62. The van der Waals surface area contributed by atoms with E-state index in [0.717, 1.165) is 98.7 Å². The molecule has 4 saturated heterocycles. The molecule has 4 unspecified atom stereocenters. The van der Waals surface area contributed by atoms with Gasteiger partial charge in [0.05, 0.1) is 28.5 Å². The van der Waals surface area contributed by atoms with Gasteiger partial charge in [-0.15, -0.1) is 10.2 Å². The molecule has 16 heteroatoms. The summed E-state index contributed by atoms with van der Waals surface area (Å²) in [6, 6.07) is 15.6. The number of hydrogen-bond acceptors (Lipinski definition) is 13. The molecule has 4 aliphatic rings. The van der Waals surface area contributed by atoms with Crippen molar-refractivity contribution in [2.45, 2.75) is 82.0 Å². The van der Waals surface area contributed by atoms with Crippen LogP contribution >= 0.6 is 0 Å². The lowest BCUT2D eigenvalue weighted by atomic mass is 10.0. The van der Waals surface area contributed by atoms with Crippen molar-refractivity contribution < 1.29 is 15.0 Å². The third kappa shape index (κ3) is 7.06. The lowest BCUT2D eigenvalue weighted by Crippen LogP contribution is -2.54. The van der Waals surface area contributed by atoms with Gasteiger partial charge >= 0.3 is 5.69 Å². The monoisotopic (exact) mass is 774 g/mol. The zero-order valence-corrected chi connectivity index (χ0v) is 32.4. The number of carbonyl (C=O) groups is 1. The molecule has 7 heterocycles. The SMILES string of the molecule is CN(Cc1ccc2c(c1)n(C)c(=O)n2C1CCC(=O)NC1O)C1CCN(Cc2cnc(N3C4CCC3CN(c3cc(-c5ccccc5O)nnc3N)C4)nc2)CC1. The third-order valence-corrected chi connectivity index (χ3v) is 12.6. The minimum atomic E-state index is -1.09. The number of hydrogen-bond donors (Lipinski definition) is 4. The number of piperidine rings is 2. The Bertz CT molecular complexity index is 2320. The van der Waals surface area contributed by atoms with E-state index in [0.29, 0.717) is 29.5 Å². The Morgan fingerprint density at radius 3 is 2.37 bits per heavy atom. The molecule has 4 atom stereocenters. The van der Waals surface area contributed by atoms with E-state index >= 15 is 0 Å². The molecular weight excluding hydrogens is 725 g/mol. The number of piperazine rings is 1. The summed E-state index contributed by atoms with van der Waals surface area (Å²) < 4.78 is 3.26. The Labute approximate surface area is 330 Å². The standard InChI is InChI=1S/C41H50N12O4/c1-48(21-25-7-10-32-34(17-25)49(2)41(57)53(32)33-11-12-37(55)45-39(33)56)27-13-15-50(16-14-27)22-26-19-43-40(44-20-26)52-28-8-9-29(52)24-51(23-28)35-18-31(46-47-38(35)42)30-5-3-4-6-36(30)54/h3-7,10,17-20,27-29,33,39,54,56H,8-9,11-16,21-24H2,1-2H3,(H2,42,47)(H,45,55). The highest BCUT2D eigenvalue weighted by Crippen LogP contribution is 2.38. The van der Waals surface area contributed by atoms with Gasteiger partial charge < -0.3 is 31.1 Å². The minimum Gasteiger partial charge on any atom is -0.507 e. The van der Waals surface area contributed by atoms with Gasteiger partial charge in [-0.1, -0.05) is 18.2 Å². The number of fused-ring (bicyclic) bond motifs is 3. The Kier molecular flexibility index (Phi) is 9.78. The van der Waals surface area contributed by atoms with Gasteiger partial charge in [0.25, 0.3) is 0 Å². The van der Waals surface area contributed by atoms with Crippen molar-refractivity contribution >= 4 is 34.4 Å². The van der Waals surface area contributed by atoms with Gasteiger partial charge in [0.15, 0.2) is 5.82 Å². The van der Waals surface area contributed by atoms with Crippen molar-refractivity contribution in [1.82, 2.24) is 44.4 Å². The zero-order chi connectivity index (χ0) is 39.4. The molecule has 0 spiro atoms. The van der Waals surface area contributed by atoms with E-state index in [1.54, 1.807) is 28.3 Å². The normalized spacial score (nSPS) is 23.1. The van der Waals surface area contributed by atoms with Gasteiger partial charge in [-0.3, -0.25) is 23.7 Å². The van der Waals surface area contributed by atoms with Gasteiger partial charge in [-0.25, -0.2) is 14.8 Å². The van der Waals surface area contributed by atoms with Gasteiger partial charge in [-0.05, 0) is 88.1 Å². The first-order valence-corrected chi connectivity index (χ1v) is 20.0. The van der Waals surface area contributed by atoms with Crippen LogP contribution in [0, 0.1) is 0 Å². The lowest BCUT2D eigenvalue weighted by Gasteiger charge is -2.42. The number of aromatic hydroxyl groups is 1. The fourth-order valence-corrected chi connectivity index (χ4v) is 9.52. The number of likely N-dealkylation sites (tertiary alicyclic amines) is 1. The maximum atomic E-state index is 13.3. The van der Waals surface area contributed by atoms with Crippen LogP contribution in [0.5, 0.6) is 5.75 Å². The molecular formula is C41H50N12O4. The molecule has 16 nitrogen and oxygen atoms in total. The number of aliphatic hydroxyl groups excluding tert-OH is 1. The van der Waals surface area contributed by atoms with Crippen molar-refractivity contribution in [3.63, 3.8) is 0 Å². The smallest absolute Gasteiger partial charge is 0.329 e. The van der Waals surface area contributed by atoms with Crippen molar-refractivity contribution in [1.29, 1.82) is 0 Å². The Morgan fingerprint density at radius 2 is 1.65 bits per heavy atom. The van der Waals surface area contributed by atoms with Gasteiger partial charge in [-0.2, -0.15) is 0 Å². The van der Waals surface area contributed by atoms with Crippen LogP contribution in [0.1, 0.15) is 55.7 Å². The number of nitrogens with one attached hydrogen (secondary N) is 1. The number of aromatic nitrogens is 6. The van der Waals surface area contributed by atoms with E-state index in [2.05, 4.69) is 54.3 Å². The molecule has 5 N–H and O–H groups in total. The highest BCUT2D eigenvalue weighted by molar-refractivity contribution is 5.79. The number of phenolic OH excluding ortho intramolecular Hbond substituents is 1. The summed E-state index contributed by atoms with van der Waals surface area (Å²) in [6.45, 7) is 5.09. The second kappa shape index (κ2) is 15.1. The van der Waals surface area contributed by atoms with E-state index in [9.17, 15) is 19.8 Å². The first-order chi connectivity index (χ1) is 27.6. The molecule has 298 valence electrons. The van der Waals surface area contributed by atoms with E-state index < -0.39 is 12.3 Å². The van der Waals surface area contributed by atoms with E-state index in [1.165, 1.54) is 0 Å². The van der Waals surface area contributed by atoms with Gasteiger partial charge in [0, 0.05) is 81.3 Å². The summed E-state index contributed by atoms with van der Waals surface area (Å²) in [5.41, 5.74) is 12.0. The number of nitrogens with zero attached hydrogens (tertiary/aromatic N) is 10. The molecule has 2 aromatic carbocycles. The molecule has 4 aliphatic heterocycles. The second-order valence-electron chi connectivity index (χ2n) is 16.2. The van der Waals surface area contributed by atoms with E-state index in [1.807, 2.05) is 36.7 Å². The van der Waals surface area contributed by atoms with Crippen molar-refractivity contribution in [2.75, 3.05) is 48.8 Å². The third-order valence-electron chi connectivity index (χ3n) is 12.6. The summed E-state index contributed by atoms with van der Waals surface area (Å²) in [5, 5.41) is 32.0.